The summed E-state index contributed by atoms with van der Waals surface area (Å²) in [6.07, 6.45) is 0. The summed E-state index contributed by atoms with van der Waals surface area (Å²) >= 11 is 0. The average Bonchev–Trinajstić information content (AvgIpc) is 2.73. The van der Waals surface area contributed by atoms with Crippen LogP contribution in [0.3, 0.4) is 0 Å². The first kappa shape index (κ1) is 18.8. The second-order valence-electron chi connectivity index (χ2n) is 6.71. The van der Waals surface area contributed by atoms with E-state index in [1.807, 2.05) is 37.3 Å². The Balaban J connectivity index is 1.58. The maximum Gasteiger partial charge on any atom is 0.269 e. The zero-order chi connectivity index (χ0) is 19.4. The lowest BCUT2D eigenvalue weighted by Crippen LogP contribution is -2.54. The molecule has 27 heavy (non-hydrogen) atoms. The number of amides is 1. The molecule has 7 heteroatoms. The molecule has 0 aromatic heterocycles. The van der Waals surface area contributed by atoms with Crippen LogP contribution in [0.2, 0.25) is 0 Å². The van der Waals surface area contributed by atoms with Crippen molar-refractivity contribution < 1.29 is 9.72 Å². The molecule has 0 radical (unpaired) electrons. The van der Waals surface area contributed by atoms with Gasteiger partial charge in [0.2, 0.25) is 5.91 Å². The highest BCUT2D eigenvalue weighted by atomic mass is 16.6. The highest BCUT2D eigenvalue weighted by Gasteiger charge is 2.28. The molecule has 7 nitrogen and oxygen atoms in total. The number of nitro benzene ring substituents is 1. The van der Waals surface area contributed by atoms with E-state index in [0.29, 0.717) is 0 Å². The number of piperazine rings is 1. The van der Waals surface area contributed by atoms with Crippen molar-refractivity contribution in [1.82, 2.24) is 4.90 Å². The molecular formula is C20H24N4O3. The summed E-state index contributed by atoms with van der Waals surface area (Å²) in [5.41, 5.74) is 1.96. The van der Waals surface area contributed by atoms with E-state index in [1.165, 1.54) is 12.1 Å². The topological polar surface area (TPSA) is 69.9 Å². The number of para-hydroxylation sites is 1. The zero-order valence-corrected chi connectivity index (χ0v) is 15.6. The first-order valence-electron chi connectivity index (χ1n) is 9.03. The van der Waals surface area contributed by atoms with Gasteiger partial charge in [-0.3, -0.25) is 19.8 Å². The van der Waals surface area contributed by atoms with Crippen LogP contribution in [0.5, 0.6) is 0 Å². The van der Waals surface area contributed by atoms with E-state index >= 15 is 0 Å². The number of rotatable bonds is 5. The Morgan fingerprint density at radius 2 is 1.63 bits per heavy atom. The van der Waals surface area contributed by atoms with Crippen molar-refractivity contribution in [2.75, 3.05) is 43.0 Å². The zero-order valence-electron chi connectivity index (χ0n) is 15.6. The van der Waals surface area contributed by atoms with Crippen molar-refractivity contribution in [3.8, 4) is 0 Å². The van der Waals surface area contributed by atoms with Crippen LogP contribution in [-0.2, 0) is 4.79 Å². The molecule has 3 rings (SSSR count). The SMILES string of the molecule is CC(C(=O)N(C)c1ccccc1)N1CCN(c2ccc([N+](=O)[O-])cc2)CC1. The molecule has 1 aliphatic heterocycles. The highest BCUT2D eigenvalue weighted by Crippen LogP contribution is 2.22. The summed E-state index contributed by atoms with van der Waals surface area (Å²) < 4.78 is 0. The molecule has 1 heterocycles. The maximum absolute atomic E-state index is 12.8. The largest absolute Gasteiger partial charge is 0.369 e. The molecule has 0 aliphatic carbocycles. The Hall–Kier alpha value is -2.93. The molecule has 2 aromatic rings. The van der Waals surface area contributed by atoms with Crippen molar-refractivity contribution in [1.29, 1.82) is 0 Å². The number of hydrogen-bond donors (Lipinski definition) is 0. The lowest BCUT2D eigenvalue weighted by Gasteiger charge is -2.39. The van der Waals surface area contributed by atoms with Crippen LogP contribution >= 0.6 is 0 Å². The number of nitrogens with zero attached hydrogens (tertiary/aromatic N) is 4. The summed E-state index contributed by atoms with van der Waals surface area (Å²) in [4.78, 5) is 29.3. The number of nitro groups is 1. The molecule has 0 N–H and O–H groups in total. The summed E-state index contributed by atoms with van der Waals surface area (Å²) in [7, 11) is 1.81. The molecule has 2 aromatic carbocycles. The van der Waals surface area contributed by atoms with Crippen LogP contribution in [0.15, 0.2) is 54.6 Å². The monoisotopic (exact) mass is 368 g/mol. The first-order chi connectivity index (χ1) is 13.0. The quantitative estimate of drug-likeness (QED) is 0.600. The lowest BCUT2D eigenvalue weighted by atomic mass is 10.1. The van der Waals surface area contributed by atoms with Gasteiger partial charge in [0.25, 0.3) is 5.69 Å². The van der Waals surface area contributed by atoms with Crippen LogP contribution in [-0.4, -0.2) is 55.0 Å². The van der Waals surface area contributed by atoms with Crippen LogP contribution < -0.4 is 9.80 Å². The predicted octanol–water partition coefficient (Wildman–Crippen LogP) is 2.77. The van der Waals surface area contributed by atoms with Crippen LogP contribution in [0, 0.1) is 10.1 Å². The van der Waals surface area contributed by atoms with E-state index in [-0.39, 0.29) is 17.6 Å². The molecule has 142 valence electrons. The highest BCUT2D eigenvalue weighted by molar-refractivity contribution is 5.96. The van der Waals surface area contributed by atoms with Gasteiger partial charge in [-0.05, 0) is 31.2 Å². The van der Waals surface area contributed by atoms with Gasteiger partial charge < -0.3 is 9.80 Å². The van der Waals surface area contributed by atoms with Gasteiger partial charge in [-0.1, -0.05) is 18.2 Å². The van der Waals surface area contributed by atoms with Gasteiger partial charge in [-0.2, -0.15) is 0 Å². The van der Waals surface area contributed by atoms with Crippen molar-refractivity contribution >= 4 is 23.0 Å². The van der Waals surface area contributed by atoms with Crippen molar-refractivity contribution in [3.63, 3.8) is 0 Å². The maximum atomic E-state index is 12.8. The molecule has 1 aliphatic rings. The molecule has 1 saturated heterocycles. The minimum Gasteiger partial charge on any atom is -0.369 e. The normalized spacial score (nSPS) is 16.0. The summed E-state index contributed by atoms with van der Waals surface area (Å²) in [6, 6.07) is 16.1. The number of benzene rings is 2. The van der Waals surface area contributed by atoms with Gasteiger partial charge >= 0.3 is 0 Å². The van der Waals surface area contributed by atoms with Gasteiger partial charge in [-0.15, -0.1) is 0 Å². The van der Waals surface area contributed by atoms with E-state index < -0.39 is 4.92 Å². The van der Waals surface area contributed by atoms with Gasteiger partial charge in [0.05, 0.1) is 11.0 Å². The van der Waals surface area contributed by atoms with E-state index in [0.717, 1.165) is 37.6 Å². The summed E-state index contributed by atoms with van der Waals surface area (Å²) in [6.45, 7) is 5.05. The fourth-order valence-electron chi connectivity index (χ4n) is 3.37. The van der Waals surface area contributed by atoms with Crippen molar-refractivity contribution in [2.24, 2.45) is 0 Å². The smallest absolute Gasteiger partial charge is 0.269 e. The standard InChI is InChI=1S/C20H24N4O3/c1-16(20(25)21(2)17-6-4-3-5-7-17)22-12-14-23(15-13-22)18-8-10-19(11-9-18)24(26)27/h3-11,16H,12-15H2,1-2H3. The third-order valence-electron chi connectivity index (χ3n) is 5.12. The Morgan fingerprint density at radius 1 is 1.04 bits per heavy atom. The van der Waals surface area contributed by atoms with Gasteiger partial charge in [-0.25, -0.2) is 0 Å². The van der Waals surface area contributed by atoms with Crippen LogP contribution in [0.1, 0.15) is 6.92 Å². The molecular weight excluding hydrogens is 344 g/mol. The third kappa shape index (κ3) is 4.25. The number of carbonyl (C=O) groups is 1. The molecule has 0 saturated carbocycles. The minimum atomic E-state index is -0.391. The van der Waals surface area contributed by atoms with Crippen LogP contribution in [0.25, 0.3) is 0 Å². The van der Waals surface area contributed by atoms with E-state index in [4.69, 9.17) is 0 Å². The molecule has 1 atom stereocenters. The van der Waals surface area contributed by atoms with E-state index in [2.05, 4.69) is 9.80 Å². The Bertz CT molecular complexity index is 787. The van der Waals surface area contributed by atoms with Gasteiger partial charge in [0, 0.05) is 56.7 Å². The van der Waals surface area contributed by atoms with E-state index in [1.54, 1.807) is 24.1 Å². The molecule has 0 bridgehead atoms. The van der Waals surface area contributed by atoms with E-state index in [9.17, 15) is 14.9 Å². The number of anilines is 2. The molecule has 1 unspecified atom stereocenters. The van der Waals surface area contributed by atoms with Gasteiger partial charge in [0.15, 0.2) is 0 Å². The lowest BCUT2D eigenvalue weighted by molar-refractivity contribution is -0.384. The summed E-state index contributed by atoms with van der Waals surface area (Å²) in [5.74, 6) is 0.0741. The predicted molar refractivity (Wildman–Crippen MR) is 106 cm³/mol. The minimum absolute atomic E-state index is 0.0741. The number of likely N-dealkylation sites (N-methyl/N-ethyl adjacent to an activating group) is 1. The second-order valence-corrected chi connectivity index (χ2v) is 6.71. The first-order valence-corrected chi connectivity index (χ1v) is 9.03. The number of non-ortho nitro benzene ring substituents is 1. The Labute approximate surface area is 158 Å². The number of carbonyl (C=O) groups excluding carboxylic acids is 1. The van der Waals surface area contributed by atoms with Crippen molar-refractivity contribution in [2.45, 2.75) is 13.0 Å². The number of hydrogen-bond acceptors (Lipinski definition) is 5. The fourth-order valence-corrected chi connectivity index (χ4v) is 3.37. The van der Waals surface area contributed by atoms with Crippen LogP contribution in [0.4, 0.5) is 17.1 Å². The Kier molecular flexibility index (Phi) is 5.71. The average molecular weight is 368 g/mol. The van der Waals surface area contributed by atoms with Gasteiger partial charge in [0.1, 0.15) is 0 Å². The second kappa shape index (κ2) is 8.18. The summed E-state index contributed by atoms with van der Waals surface area (Å²) in [5, 5.41) is 10.8. The third-order valence-corrected chi connectivity index (χ3v) is 5.12. The fraction of sp³-hybridized carbons (Fsp3) is 0.350. The molecule has 1 fully saturated rings. The van der Waals surface area contributed by atoms with Crippen molar-refractivity contribution in [3.05, 3.63) is 64.7 Å². The molecule has 1 amide bonds. The Morgan fingerprint density at radius 3 is 2.19 bits per heavy atom. The molecule has 0 spiro atoms.